The fourth-order valence-electron chi connectivity index (χ4n) is 2.25. The zero-order valence-electron chi connectivity index (χ0n) is 9.63. The maximum Gasteiger partial charge on any atom is 0.0581 e. The molecule has 0 aliphatic heterocycles. The molecule has 2 N–H and O–H groups in total. The Hall–Kier alpha value is -1.58. The summed E-state index contributed by atoms with van der Waals surface area (Å²) in [5.74, 6) is 0. The molecule has 86 valence electrons. The first-order valence-electron chi connectivity index (χ1n) is 5.59. The van der Waals surface area contributed by atoms with E-state index in [1.54, 1.807) is 11.3 Å². The molecule has 0 fully saturated rings. The van der Waals surface area contributed by atoms with Crippen LogP contribution < -0.4 is 5.73 Å². The van der Waals surface area contributed by atoms with Crippen molar-refractivity contribution in [2.75, 3.05) is 0 Å². The average Bonchev–Trinajstić information content (AvgIpc) is 2.97. The van der Waals surface area contributed by atoms with E-state index in [2.05, 4.69) is 58.9 Å². The molecular formula is C14H14N2S. The minimum atomic E-state index is -0.0349. The van der Waals surface area contributed by atoms with Crippen molar-refractivity contribution in [3.63, 3.8) is 0 Å². The first-order chi connectivity index (χ1) is 8.27. The summed E-state index contributed by atoms with van der Waals surface area (Å²) in [6, 6.07) is 10.4. The van der Waals surface area contributed by atoms with Gasteiger partial charge in [0.05, 0.1) is 6.04 Å². The molecular weight excluding hydrogens is 228 g/mol. The van der Waals surface area contributed by atoms with E-state index in [1.807, 2.05) is 0 Å². The molecule has 3 heteroatoms. The van der Waals surface area contributed by atoms with Crippen LogP contribution in [0.25, 0.3) is 10.9 Å². The number of aromatic nitrogens is 1. The number of fused-ring (bicyclic) bond motifs is 1. The van der Waals surface area contributed by atoms with Crippen molar-refractivity contribution in [1.29, 1.82) is 0 Å². The first kappa shape index (κ1) is 10.6. The van der Waals surface area contributed by atoms with Crippen molar-refractivity contribution in [2.45, 2.75) is 6.04 Å². The monoisotopic (exact) mass is 242 g/mol. The Morgan fingerprint density at radius 3 is 2.82 bits per heavy atom. The van der Waals surface area contributed by atoms with Gasteiger partial charge in [0.2, 0.25) is 0 Å². The lowest BCUT2D eigenvalue weighted by atomic mass is 10.0. The summed E-state index contributed by atoms with van der Waals surface area (Å²) in [5, 5.41) is 5.43. The van der Waals surface area contributed by atoms with Crippen LogP contribution in [0, 0.1) is 0 Å². The summed E-state index contributed by atoms with van der Waals surface area (Å²) in [7, 11) is 2.06. The predicted octanol–water partition coefficient (Wildman–Crippen LogP) is 3.29. The van der Waals surface area contributed by atoms with Gasteiger partial charge in [-0.1, -0.05) is 18.2 Å². The summed E-state index contributed by atoms with van der Waals surface area (Å²) in [5.41, 5.74) is 9.95. The summed E-state index contributed by atoms with van der Waals surface area (Å²) in [6.07, 6.45) is 2.13. The van der Waals surface area contributed by atoms with Gasteiger partial charge in [-0.15, -0.1) is 0 Å². The van der Waals surface area contributed by atoms with Crippen LogP contribution in [-0.2, 0) is 7.05 Å². The molecule has 0 radical (unpaired) electrons. The summed E-state index contributed by atoms with van der Waals surface area (Å²) in [6.45, 7) is 0. The second-order valence-electron chi connectivity index (χ2n) is 4.25. The Kier molecular flexibility index (Phi) is 2.50. The van der Waals surface area contributed by atoms with Crippen molar-refractivity contribution in [1.82, 2.24) is 4.57 Å². The van der Waals surface area contributed by atoms with Crippen LogP contribution in [0.5, 0.6) is 0 Å². The van der Waals surface area contributed by atoms with Gasteiger partial charge in [0, 0.05) is 24.1 Å². The molecule has 1 atom stereocenters. The molecule has 1 aromatic carbocycles. The summed E-state index contributed by atoms with van der Waals surface area (Å²) < 4.78 is 2.14. The topological polar surface area (TPSA) is 30.9 Å². The van der Waals surface area contributed by atoms with Crippen molar-refractivity contribution in [2.24, 2.45) is 12.8 Å². The van der Waals surface area contributed by atoms with Gasteiger partial charge in [-0.3, -0.25) is 0 Å². The zero-order valence-corrected chi connectivity index (χ0v) is 10.4. The van der Waals surface area contributed by atoms with E-state index in [1.165, 1.54) is 22.0 Å². The van der Waals surface area contributed by atoms with Crippen molar-refractivity contribution >= 4 is 22.2 Å². The third-order valence-corrected chi connectivity index (χ3v) is 3.87. The van der Waals surface area contributed by atoms with Gasteiger partial charge in [-0.25, -0.2) is 0 Å². The lowest BCUT2D eigenvalue weighted by Crippen LogP contribution is -2.10. The van der Waals surface area contributed by atoms with E-state index >= 15 is 0 Å². The van der Waals surface area contributed by atoms with Gasteiger partial charge in [-0.2, -0.15) is 11.3 Å². The van der Waals surface area contributed by atoms with E-state index in [0.29, 0.717) is 0 Å². The smallest absolute Gasteiger partial charge is 0.0581 e. The Balaban J connectivity index is 2.18. The van der Waals surface area contributed by atoms with Crippen LogP contribution >= 0.6 is 11.3 Å². The number of para-hydroxylation sites is 1. The van der Waals surface area contributed by atoms with Gasteiger partial charge in [-0.05, 0) is 34.0 Å². The molecule has 2 nitrogen and oxygen atoms in total. The van der Waals surface area contributed by atoms with E-state index < -0.39 is 0 Å². The molecule has 3 aromatic rings. The number of aryl methyl sites for hydroxylation is 1. The minimum absolute atomic E-state index is 0.0349. The highest BCUT2D eigenvalue weighted by Crippen LogP contribution is 2.29. The van der Waals surface area contributed by atoms with E-state index in [-0.39, 0.29) is 6.04 Å². The summed E-state index contributed by atoms with van der Waals surface area (Å²) in [4.78, 5) is 0. The zero-order chi connectivity index (χ0) is 11.8. The van der Waals surface area contributed by atoms with Gasteiger partial charge >= 0.3 is 0 Å². The first-order valence-corrected chi connectivity index (χ1v) is 6.53. The Morgan fingerprint density at radius 1 is 1.24 bits per heavy atom. The van der Waals surface area contributed by atoms with Crippen LogP contribution in [0.3, 0.4) is 0 Å². The predicted molar refractivity (Wildman–Crippen MR) is 73.3 cm³/mol. The lowest BCUT2D eigenvalue weighted by Gasteiger charge is -2.08. The maximum atomic E-state index is 6.33. The van der Waals surface area contributed by atoms with E-state index in [0.717, 1.165) is 0 Å². The quantitative estimate of drug-likeness (QED) is 0.734. The van der Waals surface area contributed by atoms with Gasteiger partial charge in [0.1, 0.15) is 0 Å². The fraction of sp³-hybridized carbons (Fsp3) is 0.143. The molecule has 0 spiro atoms. The molecule has 0 saturated carbocycles. The third kappa shape index (κ3) is 1.68. The summed E-state index contributed by atoms with van der Waals surface area (Å²) >= 11 is 1.69. The Bertz CT molecular complexity index is 637. The molecule has 2 heterocycles. The second kappa shape index (κ2) is 4.02. The molecule has 0 saturated heterocycles. The molecule has 0 unspecified atom stereocenters. The minimum Gasteiger partial charge on any atom is -0.350 e. The second-order valence-corrected chi connectivity index (χ2v) is 5.03. The molecule has 3 rings (SSSR count). The largest absolute Gasteiger partial charge is 0.350 e. The lowest BCUT2D eigenvalue weighted by molar-refractivity contribution is 0.866. The van der Waals surface area contributed by atoms with Crippen molar-refractivity contribution < 1.29 is 0 Å². The molecule has 0 aliphatic rings. The number of benzene rings is 1. The van der Waals surface area contributed by atoms with E-state index in [9.17, 15) is 0 Å². The standard InChI is InChI=1S/C14H14N2S/c1-16-8-12(11-4-2-3-5-13(11)16)14(15)10-6-7-17-9-10/h2-9,14H,15H2,1H3/t14-/m1/s1. The number of rotatable bonds is 2. The Labute approximate surface area is 104 Å². The van der Waals surface area contributed by atoms with Crippen molar-refractivity contribution in [3.8, 4) is 0 Å². The van der Waals surface area contributed by atoms with Gasteiger partial charge in [0.15, 0.2) is 0 Å². The average molecular weight is 242 g/mol. The molecule has 0 amide bonds. The number of nitrogens with zero attached hydrogens (tertiary/aromatic N) is 1. The molecule has 0 aliphatic carbocycles. The van der Waals surface area contributed by atoms with Gasteiger partial charge < -0.3 is 10.3 Å². The number of hydrogen-bond donors (Lipinski definition) is 1. The fourth-order valence-corrected chi connectivity index (χ4v) is 2.95. The number of nitrogens with two attached hydrogens (primary N) is 1. The highest BCUT2D eigenvalue weighted by Gasteiger charge is 2.14. The molecule has 2 aromatic heterocycles. The molecule has 0 bridgehead atoms. The SMILES string of the molecule is Cn1cc([C@H](N)c2ccsc2)c2ccccc21. The van der Waals surface area contributed by atoms with Crippen LogP contribution in [0.4, 0.5) is 0 Å². The van der Waals surface area contributed by atoms with Crippen LogP contribution in [0.2, 0.25) is 0 Å². The maximum absolute atomic E-state index is 6.33. The van der Waals surface area contributed by atoms with E-state index in [4.69, 9.17) is 5.73 Å². The van der Waals surface area contributed by atoms with Crippen LogP contribution in [-0.4, -0.2) is 4.57 Å². The van der Waals surface area contributed by atoms with Crippen LogP contribution in [0.15, 0.2) is 47.3 Å². The van der Waals surface area contributed by atoms with Crippen molar-refractivity contribution in [3.05, 3.63) is 58.4 Å². The van der Waals surface area contributed by atoms with Gasteiger partial charge in [0.25, 0.3) is 0 Å². The highest BCUT2D eigenvalue weighted by atomic mass is 32.1. The molecule has 17 heavy (non-hydrogen) atoms. The van der Waals surface area contributed by atoms with Crippen LogP contribution in [0.1, 0.15) is 17.2 Å². The normalized spacial score (nSPS) is 13.1. The third-order valence-electron chi connectivity index (χ3n) is 3.17. The number of thiophene rings is 1. The number of hydrogen-bond acceptors (Lipinski definition) is 2. The Morgan fingerprint density at radius 2 is 2.06 bits per heavy atom. The highest BCUT2D eigenvalue weighted by molar-refractivity contribution is 7.08.